The molecular formula is C16H22N4O. The Balaban J connectivity index is 1.99. The van der Waals surface area contributed by atoms with Gasteiger partial charge in [-0.15, -0.1) is 0 Å². The van der Waals surface area contributed by atoms with Gasteiger partial charge in [0.2, 0.25) is 5.89 Å². The number of hydrogen-bond acceptors (Lipinski definition) is 3. The zero-order valence-electron chi connectivity index (χ0n) is 13.0. The van der Waals surface area contributed by atoms with Gasteiger partial charge in [-0.3, -0.25) is 0 Å². The first-order chi connectivity index (χ1) is 9.84. The minimum Gasteiger partial charge on any atom is -0.443 e. The molecule has 0 atom stereocenters. The van der Waals surface area contributed by atoms with E-state index in [4.69, 9.17) is 10.2 Å². The Morgan fingerprint density at radius 2 is 2.14 bits per heavy atom. The molecule has 0 aliphatic carbocycles. The maximum atomic E-state index is 5.87. The number of rotatable bonds is 3. The molecule has 1 aromatic carbocycles. The number of nitrogens with zero attached hydrogens (tertiary/aromatic N) is 2. The Kier molecular flexibility index (Phi) is 4.31. The van der Waals surface area contributed by atoms with E-state index in [-0.39, 0.29) is 5.41 Å². The van der Waals surface area contributed by atoms with Crippen LogP contribution in [0.5, 0.6) is 0 Å². The molecule has 1 aromatic heterocycles. The molecule has 2 aromatic rings. The van der Waals surface area contributed by atoms with Gasteiger partial charge in [0.05, 0.1) is 6.20 Å². The average molecular weight is 286 g/mol. The third kappa shape index (κ3) is 4.34. The van der Waals surface area contributed by atoms with Gasteiger partial charge >= 0.3 is 0 Å². The summed E-state index contributed by atoms with van der Waals surface area (Å²) in [5.41, 5.74) is 7.89. The fourth-order valence-corrected chi connectivity index (χ4v) is 1.79. The first kappa shape index (κ1) is 15.1. The predicted molar refractivity (Wildman–Crippen MR) is 85.3 cm³/mol. The summed E-state index contributed by atoms with van der Waals surface area (Å²) >= 11 is 0. The zero-order chi connectivity index (χ0) is 15.5. The van der Waals surface area contributed by atoms with Crippen molar-refractivity contribution in [2.24, 2.45) is 10.7 Å². The Labute approximate surface area is 125 Å². The van der Waals surface area contributed by atoms with E-state index in [0.717, 1.165) is 17.0 Å². The lowest BCUT2D eigenvalue weighted by Gasteiger charge is -2.12. The van der Waals surface area contributed by atoms with Gasteiger partial charge in [-0.05, 0) is 24.6 Å². The monoisotopic (exact) mass is 286 g/mol. The minimum atomic E-state index is -0.0552. The Hall–Kier alpha value is -2.30. The van der Waals surface area contributed by atoms with Crippen LogP contribution in [-0.4, -0.2) is 10.9 Å². The summed E-state index contributed by atoms with van der Waals surface area (Å²) < 4.78 is 5.67. The first-order valence-electron chi connectivity index (χ1n) is 6.93. The summed E-state index contributed by atoms with van der Waals surface area (Å²) in [6.45, 7) is 8.58. The molecule has 0 radical (unpaired) electrons. The number of anilines is 1. The maximum Gasteiger partial charge on any atom is 0.216 e. The van der Waals surface area contributed by atoms with E-state index in [1.54, 1.807) is 6.20 Å². The van der Waals surface area contributed by atoms with Crippen LogP contribution >= 0.6 is 0 Å². The molecule has 1 heterocycles. The number of nitrogens with two attached hydrogens (primary N) is 1. The lowest BCUT2D eigenvalue weighted by atomic mass is 9.94. The van der Waals surface area contributed by atoms with E-state index in [1.807, 2.05) is 31.2 Å². The maximum absolute atomic E-state index is 5.87. The highest BCUT2D eigenvalue weighted by Crippen LogP contribution is 2.22. The standard InChI is InChI=1S/C16H22N4O/c1-11-6-5-7-12(8-11)20-15(17)19-10-14-18-9-13(21-14)16(2,3)4/h5-9H,10H2,1-4H3,(H3,17,19,20). The number of benzene rings is 1. The van der Waals surface area contributed by atoms with Crippen LogP contribution in [0.15, 0.2) is 39.9 Å². The summed E-state index contributed by atoms with van der Waals surface area (Å²) in [7, 11) is 0. The number of oxazole rings is 1. The fraction of sp³-hybridized carbons (Fsp3) is 0.375. The minimum absolute atomic E-state index is 0.0552. The summed E-state index contributed by atoms with van der Waals surface area (Å²) in [5, 5.41) is 3.05. The van der Waals surface area contributed by atoms with Crippen molar-refractivity contribution < 1.29 is 4.42 Å². The van der Waals surface area contributed by atoms with Gasteiger partial charge in [-0.1, -0.05) is 32.9 Å². The Morgan fingerprint density at radius 1 is 1.38 bits per heavy atom. The molecule has 0 aliphatic heterocycles. The lowest BCUT2D eigenvalue weighted by Crippen LogP contribution is -2.22. The third-order valence-electron chi connectivity index (χ3n) is 2.97. The van der Waals surface area contributed by atoms with Crippen LogP contribution in [0.1, 0.15) is 38.0 Å². The van der Waals surface area contributed by atoms with Crippen LogP contribution in [0, 0.1) is 6.92 Å². The molecular weight excluding hydrogens is 264 g/mol. The van der Waals surface area contributed by atoms with Crippen LogP contribution in [-0.2, 0) is 12.0 Å². The molecule has 0 aliphatic rings. The molecule has 5 heteroatoms. The zero-order valence-corrected chi connectivity index (χ0v) is 13.0. The summed E-state index contributed by atoms with van der Waals surface area (Å²) in [4.78, 5) is 8.46. The van der Waals surface area contributed by atoms with Crippen molar-refractivity contribution in [1.82, 2.24) is 4.98 Å². The second-order valence-corrected chi connectivity index (χ2v) is 6.06. The molecule has 2 rings (SSSR count). The van der Waals surface area contributed by atoms with E-state index in [1.165, 1.54) is 0 Å². The largest absolute Gasteiger partial charge is 0.443 e. The summed E-state index contributed by atoms with van der Waals surface area (Å²) in [6, 6.07) is 7.94. The highest BCUT2D eigenvalue weighted by molar-refractivity contribution is 5.92. The molecule has 112 valence electrons. The predicted octanol–water partition coefficient (Wildman–Crippen LogP) is 3.21. The molecule has 3 N–H and O–H groups in total. The van der Waals surface area contributed by atoms with Crippen molar-refractivity contribution in [3.63, 3.8) is 0 Å². The topological polar surface area (TPSA) is 76.4 Å². The second-order valence-electron chi connectivity index (χ2n) is 6.06. The van der Waals surface area contributed by atoms with E-state index >= 15 is 0 Å². The van der Waals surface area contributed by atoms with E-state index in [9.17, 15) is 0 Å². The Bertz CT molecular complexity index is 638. The van der Waals surface area contributed by atoms with Gasteiger partial charge in [-0.25, -0.2) is 9.98 Å². The molecule has 0 bridgehead atoms. The van der Waals surface area contributed by atoms with Crippen molar-refractivity contribution in [1.29, 1.82) is 0 Å². The van der Waals surface area contributed by atoms with Crippen molar-refractivity contribution >= 4 is 11.6 Å². The lowest BCUT2D eigenvalue weighted by molar-refractivity contribution is 0.383. The van der Waals surface area contributed by atoms with Crippen molar-refractivity contribution in [3.05, 3.63) is 47.7 Å². The highest BCUT2D eigenvalue weighted by atomic mass is 16.4. The second kappa shape index (κ2) is 5.99. The summed E-state index contributed by atoms with van der Waals surface area (Å²) in [5.74, 6) is 1.75. The molecule has 0 saturated carbocycles. The molecule has 21 heavy (non-hydrogen) atoms. The van der Waals surface area contributed by atoms with Crippen molar-refractivity contribution in [3.8, 4) is 0 Å². The van der Waals surface area contributed by atoms with Crippen molar-refractivity contribution in [2.75, 3.05) is 5.32 Å². The molecule has 0 spiro atoms. The van der Waals surface area contributed by atoms with Crippen LogP contribution in [0.4, 0.5) is 5.69 Å². The van der Waals surface area contributed by atoms with Crippen LogP contribution in [0.2, 0.25) is 0 Å². The number of aryl methyl sites for hydroxylation is 1. The molecule has 0 saturated heterocycles. The number of aliphatic imine (C=N–C) groups is 1. The van der Waals surface area contributed by atoms with E-state index in [0.29, 0.717) is 18.4 Å². The molecule has 0 unspecified atom stereocenters. The molecule has 0 amide bonds. The van der Waals surface area contributed by atoms with Crippen molar-refractivity contribution in [2.45, 2.75) is 39.7 Å². The number of hydrogen-bond donors (Lipinski definition) is 2. The van der Waals surface area contributed by atoms with Crippen LogP contribution < -0.4 is 11.1 Å². The van der Waals surface area contributed by atoms with Gasteiger partial charge in [-0.2, -0.15) is 0 Å². The molecule has 5 nitrogen and oxygen atoms in total. The van der Waals surface area contributed by atoms with Gasteiger partial charge in [0.1, 0.15) is 12.3 Å². The van der Waals surface area contributed by atoms with E-state index < -0.39 is 0 Å². The number of aromatic nitrogens is 1. The first-order valence-corrected chi connectivity index (χ1v) is 6.93. The number of nitrogens with one attached hydrogen (secondary N) is 1. The number of guanidine groups is 1. The highest BCUT2D eigenvalue weighted by Gasteiger charge is 2.18. The Morgan fingerprint density at radius 3 is 2.76 bits per heavy atom. The SMILES string of the molecule is Cc1cccc(NC(N)=NCc2ncc(C(C)(C)C)o2)c1. The average Bonchev–Trinajstić information content (AvgIpc) is 2.85. The van der Waals surface area contributed by atoms with Gasteiger partial charge in [0.15, 0.2) is 5.96 Å². The summed E-state index contributed by atoms with van der Waals surface area (Å²) in [6.07, 6.45) is 1.75. The smallest absolute Gasteiger partial charge is 0.216 e. The van der Waals surface area contributed by atoms with E-state index in [2.05, 4.69) is 36.1 Å². The fourth-order valence-electron chi connectivity index (χ4n) is 1.79. The van der Waals surface area contributed by atoms with Crippen LogP contribution in [0.25, 0.3) is 0 Å². The van der Waals surface area contributed by atoms with Gasteiger partial charge in [0.25, 0.3) is 0 Å². The third-order valence-corrected chi connectivity index (χ3v) is 2.97. The molecule has 0 fully saturated rings. The normalized spacial score (nSPS) is 12.5. The quantitative estimate of drug-likeness (QED) is 0.671. The van der Waals surface area contributed by atoms with Crippen LogP contribution in [0.3, 0.4) is 0 Å². The van der Waals surface area contributed by atoms with Gasteiger partial charge < -0.3 is 15.5 Å². The van der Waals surface area contributed by atoms with Gasteiger partial charge in [0, 0.05) is 11.1 Å².